The molecule has 0 radical (unpaired) electrons. The van der Waals surface area contributed by atoms with Crippen molar-refractivity contribution in [2.45, 2.75) is 12.5 Å². The van der Waals surface area contributed by atoms with E-state index in [0.717, 1.165) is 17.0 Å². The molecular formula is C12H12ClIN2S. The molecule has 2 nitrogen and oxygen atoms in total. The van der Waals surface area contributed by atoms with E-state index in [0.29, 0.717) is 0 Å². The van der Waals surface area contributed by atoms with Crippen molar-refractivity contribution >= 4 is 45.5 Å². The quantitative estimate of drug-likeness (QED) is 0.483. The minimum atomic E-state index is 0.0928. The van der Waals surface area contributed by atoms with Crippen LogP contribution < -0.4 is 11.3 Å². The van der Waals surface area contributed by atoms with Crippen LogP contribution in [0.1, 0.15) is 17.2 Å². The van der Waals surface area contributed by atoms with Gasteiger partial charge in [-0.2, -0.15) is 11.3 Å². The number of halogens is 2. The summed E-state index contributed by atoms with van der Waals surface area (Å²) in [5.41, 5.74) is 5.30. The van der Waals surface area contributed by atoms with Gasteiger partial charge in [-0.1, -0.05) is 11.6 Å². The molecule has 1 atom stereocenters. The zero-order chi connectivity index (χ0) is 12.3. The Balaban J connectivity index is 2.25. The van der Waals surface area contributed by atoms with Gasteiger partial charge in [-0.25, -0.2) is 0 Å². The zero-order valence-electron chi connectivity index (χ0n) is 8.99. The summed E-state index contributed by atoms with van der Waals surface area (Å²) in [6.45, 7) is 0. The largest absolute Gasteiger partial charge is 0.271 e. The first kappa shape index (κ1) is 13.3. The first-order valence-corrected chi connectivity index (χ1v) is 7.53. The van der Waals surface area contributed by atoms with E-state index in [2.05, 4.69) is 44.8 Å². The lowest BCUT2D eigenvalue weighted by atomic mass is 10.0. The Labute approximate surface area is 123 Å². The fourth-order valence-corrected chi connectivity index (χ4v) is 3.26. The molecule has 0 bridgehead atoms. The maximum Gasteiger partial charge on any atom is 0.0511 e. The summed E-state index contributed by atoms with van der Waals surface area (Å²) in [5, 5.41) is 4.96. The van der Waals surface area contributed by atoms with E-state index in [1.165, 1.54) is 9.13 Å². The standard InChI is InChI=1S/C12H12ClIN2S/c13-9-1-2-11(14)10(6-9)12(16-15)5-8-3-4-17-7-8/h1-4,6-7,12,16H,5,15H2. The number of thiophene rings is 1. The molecule has 0 amide bonds. The molecule has 0 saturated carbocycles. The summed E-state index contributed by atoms with van der Waals surface area (Å²) in [5.74, 6) is 5.65. The minimum Gasteiger partial charge on any atom is -0.271 e. The van der Waals surface area contributed by atoms with Crippen molar-refractivity contribution in [3.05, 3.63) is 54.7 Å². The van der Waals surface area contributed by atoms with Crippen molar-refractivity contribution in [2.24, 2.45) is 5.84 Å². The maximum absolute atomic E-state index is 6.03. The molecule has 2 aromatic rings. The highest BCUT2D eigenvalue weighted by molar-refractivity contribution is 14.1. The van der Waals surface area contributed by atoms with Crippen LogP contribution in [-0.4, -0.2) is 0 Å². The Morgan fingerprint density at radius 1 is 1.41 bits per heavy atom. The second kappa shape index (κ2) is 6.15. The first-order chi connectivity index (χ1) is 8.20. The van der Waals surface area contributed by atoms with Gasteiger partial charge >= 0.3 is 0 Å². The summed E-state index contributed by atoms with van der Waals surface area (Å²) >= 11 is 10.0. The highest BCUT2D eigenvalue weighted by atomic mass is 127. The highest BCUT2D eigenvalue weighted by Gasteiger charge is 2.14. The summed E-state index contributed by atoms with van der Waals surface area (Å²) in [4.78, 5) is 0. The molecule has 0 aliphatic heterocycles. The Morgan fingerprint density at radius 2 is 2.24 bits per heavy atom. The van der Waals surface area contributed by atoms with Gasteiger partial charge in [0.2, 0.25) is 0 Å². The van der Waals surface area contributed by atoms with Crippen LogP contribution in [0.4, 0.5) is 0 Å². The average molecular weight is 379 g/mol. The number of hydrogen-bond acceptors (Lipinski definition) is 3. The van der Waals surface area contributed by atoms with Crippen LogP contribution in [0.2, 0.25) is 5.02 Å². The van der Waals surface area contributed by atoms with E-state index in [9.17, 15) is 0 Å². The molecule has 1 aromatic carbocycles. The monoisotopic (exact) mass is 378 g/mol. The second-order valence-electron chi connectivity index (χ2n) is 3.72. The third kappa shape index (κ3) is 3.42. The predicted molar refractivity (Wildman–Crippen MR) is 82.3 cm³/mol. The summed E-state index contributed by atoms with van der Waals surface area (Å²) in [7, 11) is 0. The third-order valence-electron chi connectivity index (χ3n) is 2.55. The van der Waals surface area contributed by atoms with Crippen LogP contribution in [0.25, 0.3) is 0 Å². The Hall–Kier alpha value is -0.140. The van der Waals surface area contributed by atoms with Crippen LogP contribution in [0.3, 0.4) is 0 Å². The lowest BCUT2D eigenvalue weighted by Crippen LogP contribution is -2.30. The molecule has 1 aromatic heterocycles. The van der Waals surface area contributed by atoms with Gasteiger partial charge in [0.15, 0.2) is 0 Å². The fraction of sp³-hybridized carbons (Fsp3) is 0.167. The van der Waals surface area contributed by atoms with E-state index in [1.54, 1.807) is 11.3 Å². The zero-order valence-corrected chi connectivity index (χ0v) is 12.7. The molecule has 0 aliphatic rings. The Morgan fingerprint density at radius 3 is 2.88 bits per heavy atom. The molecule has 1 unspecified atom stereocenters. The molecule has 3 N–H and O–H groups in total. The third-order valence-corrected chi connectivity index (χ3v) is 4.50. The molecule has 5 heteroatoms. The molecule has 2 rings (SSSR count). The van der Waals surface area contributed by atoms with Gasteiger partial charge in [0, 0.05) is 8.59 Å². The van der Waals surface area contributed by atoms with E-state index in [1.807, 2.05) is 18.2 Å². The first-order valence-electron chi connectivity index (χ1n) is 5.13. The lowest BCUT2D eigenvalue weighted by Gasteiger charge is -2.17. The van der Waals surface area contributed by atoms with Crippen molar-refractivity contribution in [2.75, 3.05) is 0 Å². The number of hydrogen-bond donors (Lipinski definition) is 2. The molecular weight excluding hydrogens is 367 g/mol. The number of rotatable bonds is 4. The Bertz CT molecular complexity index is 487. The van der Waals surface area contributed by atoms with Crippen molar-refractivity contribution in [3.8, 4) is 0 Å². The number of hydrazine groups is 1. The average Bonchev–Trinajstić information content (AvgIpc) is 2.82. The van der Waals surface area contributed by atoms with Crippen molar-refractivity contribution in [1.82, 2.24) is 5.43 Å². The van der Waals surface area contributed by atoms with Gasteiger partial charge in [0.05, 0.1) is 6.04 Å². The van der Waals surface area contributed by atoms with Gasteiger partial charge in [0.1, 0.15) is 0 Å². The van der Waals surface area contributed by atoms with Crippen molar-refractivity contribution in [1.29, 1.82) is 0 Å². The summed E-state index contributed by atoms with van der Waals surface area (Å²) < 4.78 is 1.17. The molecule has 17 heavy (non-hydrogen) atoms. The smallest absolute Gasteiger partial charge is 0.0511 e. The van der Waals surface area contributed by atoms with E-state index >= 15 is 0 Å². The van der Waals surface area contributed by atoms with Gasteiger partial charge < -0.3 is 0 Å². The van der Waals surface area contributed by atoms with Crippen molar-refractivity contribution < 1.29 is 0 Å². The topological polar surface area (TPSA) is 38.0 Å². The second-order valence-corrected chi connectivity index (χ2v) is 6.10. The minimum absolute atomic E-state index is 0.0928. The van der Waals surface area contributed by atoms with E-state index in [-0.39, 0.29) is 6.04 Å². The van der Waals surface area contributed by atoms with Crippen LogP contribution in [0, 0.1) is 3.57 Å². The molecule has 0 fully saturated rings. The normalized spacial score (nSPS) is 12.6. The highest BCUT2D eigenvalue weighted by Crippen LogP contribution is 2.26. The van der Waals surface area contributed by atoms with E-state index in [4.69, 9.17) is 17.4 Å². The summed E-state index contributed by atoms with van der Waals surface area (Å²) in [6.07, 6.45) is 0.871. The summed E-state index contributed by atoms with van der Waals surface area (Å²) in [6, 6.07) is 8.09. The van der Waals surface area contributed by atoms with Crippen LogP contribution in [0.5, 0.6) is 0 Å². The molecule has 1 heterocycles. The van der Waals surface area contributed by atoms with Gasteiger partial charge in [-0.15, -0.1) is 0 Å². The fourth-order valence-electron chi connectivity index (χ4n) is 1.68. The van der Waals surface area contributed by atoms with E-state index < -0.39 is 0 Å². The molecule has 90 valence electrons. The SMILES string of the molecule is NNC(Cc1ccsc1)c1cc(Cl)ccc1I. The van der Waals surface area contributed by atoms with Gasteiger partial charge in [-0.05, 0) is 75.2 Å². The van der Waals surface area contributed by atoms with Crippen LogP contribution >= 0.6 is 45.5 Å². The number of nitrogens with one attached hydrogen (secondary N) is 1. The van der Waals surface area contributed by atoms with Gasteiger partial charge in [0.25, 0.3) is 0 Å². The van der Waals surface area contributed by atoms with Gasteiger partial charge in [-0.3, -0.25) is 11.3 Å². The van der Waals surface area contributed by atoms with Crippen molar-refractivity contribution in [3.63, 3.8) is 0 Å². The van der Waals surface area contributed by atoms with Crippen LogP contribution in [-0.2, 0) is 6.42 Å². The number of benzene rings is 1. The van der Waals surface area contributed by atoms with Crippen LogP contribution in [0.15, 0.2) is 35.0 Å². The molecule has 0 saturated heterocycles. The lowest BCUT2D eigenvalue weighted by molar-refractivity contribution is 0.550. The maximum atomic E-state index is 6.03. The molecule has 0 spiro atoms. The molecule has 0 aliphatic carbocycles. The Kier molecular flexibility index (Phi) is 4.81. The number of nitrogens with two attached hydrogens (primary N) is 1. The predicted octanol–water partition coefficient (Wildman–Crippen LogP) is 3.75.